The van der Waals surface area contributed by atoms with Gasteiger partial charge in [-0.2, -0.15) is 0 Å². The third-order valence-corrected chi connectivity index (χ3v) is 3.88. The lowest BCUT2D eigenvalue weighted by Gasteiger charge is -2.29. The lowest BCUT2D eigenvalue weighted by atomic mass is 10.1. The highest BCUT2D eigenvalue weighted by molar-refractivity contribution is 5.87. The van der Waals surface area contributed by atoms with Crippen molar-refractivity contribution in [2.75, 3.05) is 23.3 Å². The van der Waals surface area contributed by atoms with Crippen molar-refractivity contribution in [3.05, 3.63) is 54.3 Å². The number of ether oxygens (including phenoxy) is 1. The molecular formula is C18H19FN2O2. The molecule has 120 valence electrons. The number of benzene rings is 2. The van der Waals surface area contributed by atoms with Gasteiger partial charge in [-0.3, -0.25) is 5.32 Å². The predicted octanol–water partition coefficient (Wildman–Crippen LogP) is 4.43. The van der Waals surface area contributed by atoms with Gasteiger partial charge in [-0.1, -0.05) is 24.3 Å². The van der Waals surface area contributed by atoms with Crippen LogP contribution < -0.4 is 15.0 Å². The van der Waals surface area contributed by atoms with E-state index in [1.54, 1.807) is 18.2 Å². The highest BCUT2D eigenvalue weighted by Crippen LogP contribution is 2.30. The Morgan fingerprint density at radius 2 is 1.70 bits per heavy atom. The topological polar surface area (TPSA) is 41.6 Å². The number of halogens is 1. The van der Waals surface area contributed by atoms with Crippen molar-refractivity contribution in [3.8, 4) is 5.75 Å². The summed E-state index contributed by atoms with van der Waals surface area (Å²) in [7, 11) is 0. The summed E-state index contributed by atoms with van der Waals surface area (Å²) in [4.78, 5) is 14.3. The molecule has 0 atom stereocenters. The van der Waals surface area contributed by atoms with E-state index in [1.165, 1.54) is 18.6 Å². The Hall–Kier alpha value is -2.56. The van der Waals surface area contributed by atoms with Crippen molar-refractivity contribution >= 4 is 17.5 Å². The van der Waals surface area contributed by atoms with Crippen LogP contribution in [0.25, 0.3) is 0 Å². The number of nitrogens with zero attached hydrogens (tertiary/aromatic N) is 1. The van der Waals surface area contributed by atoms with E-state index in [9.17, 15) is 9.18 Å². The molecule has 0 aliphatic carbocycles. The van der Waals surface area contributed by atoms with Crippen molar-refractivity contribution in [1.29, 1.82) is 0 Å². The molecule has 0 radical (unpaired) electrons. The Morgan fingerprint density at radius 3 is 2.48 bits per heavy atom. The monoisotopic (exact) mass is 314 g/mol. The maximum Gasteiger partial charge on any atom is 0.417 e. The van der Waals surface area contributed by atoms with E-state index < -0.39 is 11.9 Å². The number of hydrogen-bond donors (Lipinski definition) is 1. The Labute approximate surface area is 134 Å². The normalized spacial score (nSPS) is 14.4. The second-order valence-corrected chi connectivity index (χ2v) is 5.51. The molecule has 3 rings (SSSR count). The van der Waals surface area contributed by atoms with Crippen LogP contribution >= 0.6 is 0 Å². The van der Waals surface area contributed by atoms with Gasteiger partial charge in [0.25, 0.3) is 0 Å². The molecule has 1 aliphatic heterocycles. The minimum absolute atomic E-state index is 0.105. The van der Waals surface area contributed by atoms with Crippen LogP contribution in [0.5, 0.6) is 5.75 Å². The molecule has 2 aromatic carbocycles. The summed E-state index contributed by atoms with van der Waals surface area (Å²) in [6, 6.07) is 13.4. The van der Waals surface area contributed by atoms with Crippen molar-refractivity contribution in [1.82, 2.24) is 0 Å². The first-order chi connectivity index (χ1) is 11.2. The fraction of sp³-hybridized carbons (Fsp3) is 0.278. The SMILES string of the molecule is O=C(Nc1ccccc1F)Oc1ccccc1N1CCCCC1. The van der Waals surface area contributed by atoms with Crippen molar-refractivity contribution in [2.24, 2.45) is 0 Å². The van der Waals surface area contributed by atoms with Crippen LogP contribution in [0.2, 0.25) is 0 Å². The average Bonchev–Trinajstić information content (AvgIpc) is 2.58. The van der Waals surface area contributed by atoms with Gasteiger partial charge >= 0.3 is 6.09 Å². The van der Waals surface area contributed by atoms with Crippen molar-refractivity contribution in [2.45, 2.75) is 19.3 Å². The number of carbonyl (C=O) groups is 1. The van der Waals surface area contributed by atoms with Gasteiger partial charge in [-0.15, -0.1) is 0 Å². The van der Waals surface area contributed by atoms with Crippen LogP contribution in [0.4, 0.5) is 20.6 Å². The van der Waals surface area contributed by atoms with Gasteiger partial charge in [0, 0.05) is 13.1 Å². The first-order valence-corrected chi connectivity index (χ1v) is 7.81. The van der Waals surface area contributed by atoms with E-state index >= 15 is 0 Å². The first-order valence-electron chi connectivity index (χ1n) is 7.81. The summed E-state index contributed by atoms with van der Waals surface area (Å²) in [5.41, 5.74) is 1.00. The quantitative estimate of drug-likeness (QED) is 0.911. The van der Waals surface area contributed by atoms with Crippen LogP contribution in [0.3, 0.4) is 0 Å². The summed E-state index contributed by atoms with van der Waals surface area (Å²) in [5.74, 6) is -0.00277. The second kappa shape index (κ2) is 7.13. The number of piperidine rings is 1. The van der Waals surface area contributed by atoms with Crippen molar-refractivity contribution in [3.63, 3.8) is 0 Å². The molecule has 1 saturated heterocycles. The predicted molar refractivity (Wildman–Crippen MR) is 88.6 cm³/mol. The molecule has 5 heteroatoms. The molecule has 23 heavy (non-hydrogen) atoms. The van der Waals surface area contributed by atoms with Gasteiger partial charge in [0.05, 0.1) is 11.4 Å². The van der Waals surface area contributed by atoms with E-state index in [1.807, 2.05) is 18.2 Å². The molecule has 0 unspecified atom stereocenters. The molecule has 0 bridgehead atoms. The molecule has 1 amide bonds. The van der Waals surface area contributed by atoms with E-state index in [-0.39, 0.29) is 5.69 Å². The maximum absolute atomic E-state index is 13.6. The number of carbonyl (C=O) groups excluding carboxylic acids is 1. The van der Waals surface area contributed by atoms with E-state index in [2.05, 4.69) is 10.2 Å². The molecule has 1 aliphatic rings. The largest absolute Gasteiger partial charge is 0.417 e. The van der Waals surface area contributed by atoms with Gasteiger partial charge in [0.2, 0.25) is 0 Å². The van der Waals surface area contributed by atoms with Gasteiger partial charge < -0.3 is 9.64 Å². The molecule has 0 aromatic heterocycles. The summed E-state index contributed by atoms with van der Waals surface area (Å²) >= 11 is 0. The van der Waals surface area contributed by atoms with Crippen LogP contribution in [0.1, 0.15) is 19.3 Å². The van der Waals surface area contributed by atoms with Gasteiger partial charge in [-0.05, 0) is 43.5 Å². The fourth-order valence-electron chi connectivity index (χ4n) is 2.74. The summed E-state index contributed by atoms with van der Waals surface area (Å²) < 4.78 is 19.0. The third-order valence-electron chi connectivity index (χ3n) is 3.88. The van der Waals surface area contributed by atoms with Gasteiger partial charge in [0.1, 0.15) is 5.82 Å². The molecular weight excluding hydrogens is 295 g/mol. The zero-order chi connectivity index (χ0) is 16.1. The van der Waals surface area contributed by atoms with Crippen LogP contribution in [0.15, 0.2) is 48.5 Å². The number of anilines is 2. The number of nitrogens with one attached hydrogen (secondary N) is 1. The zero-order valence-corrected chi connectivity index (χ0v) is 12.8. The average molecular weight is 314 g/mol. The summed E-state index contributed by atoms with van der Waals surface area (Å²) in [5, 5.41) is 2.43. The number of para-hydroxylation sites is 3. The molecule has 1 heterocycles. The van der Waals surface area contributed by atoms with Crippen molar-refractivity contribution < 1.29 is 13.9 Å². The van der Waals surface area contributed by atoms with E-state index in [0.29, 0.717) is 5.75 Å². The molecule has 2 aromatic rings. The smallest absolute Gasteiger partial charge is 0.408 e. The Bertz CT molecular complexity index is 684. The highest BCUT2D eigenvalue weighted by atomic mass is 19.1. The molecule has 1 N–H and O–H groups in total. The second-order valence-electron chi connectivity index (χ2n) is 5.51. The van der Waals surface area contributed by atoms with Gasteiger partial charge in [0.15, 0.2) is 5.75 Å². The maximum atomic E-state index is 13.6. The Balaban J connectivity index is 1.72. The summed E-state index contributed by atoms with van der Waals surface area (Å²) in [6.07, 6.45) is 2.80. The zero-order valence-electron chi connectivity index (χ0n) is 12.8. The van der Waals surface area contributed by atoms with Crippen LogP contribution in [-0.2, 0) is 0 Å². The molecule has 1 fully saturated rings. The van der Waals surface area contributed by atoms with Crippen LogP contribution in [0, 0.1) is 5.82 Å². The molecule has 4 nitrogen and oxygen atoms in total. The first kappa shape index (κ1) is 15.3. The van der Waals surface area contributed by atoms with Gasteiger partial charge in [-0.25, -0.2) is 9.18 Å². The number of amides is 1. The third kappa shape index (κ3) is 3.80. The Morgan fingerprint density at radius 1 is 1.00 bits per heavy atom. The minimum atomic E-state index is -0.695. The standard InChI is InChI=1S/C18H19FN2O2/c19-14-8-2-3-9-15(14)20-18(22)23-17-11-5-4-10-16(17)21-12-6-1-7-13-21/h2-5,8-11H,1,6-7,12-13H2,(H,20,22). The summed E-state index contributed by atoms with van der Waals surface area (Å²) in [6.45, 7) is 1.91. The Kier molecular flexibility index (Phi) is 4.76. The highest BCUT2D eigenvalue weighted by Gasteiger charge is 2.17. The van der Waals surface area contributed by atoms with E-state index in [4.69, 9.17) is 4.74 Å². The number of rotatable bonds is 3. The molecule has 0 spiro atoms. The number of hydrogen-bond acceptors (Lipinski definition) is 3. The van der Waals surface area contributed by atoms with Crippen LogP contribution in [-0.4, -0.2) is 19.2 Å². The van der Waals surface area contributed by atoms with E-state index in [0.717, 1.165) is 31.6 Å². The lowest BCUT2D eigenvalue weighted by Crippen LogP contribution is -2.30. The minimum Gasteiger partial charge on any atom is -0.408 e. The lowest BCUT2D eigenvalue weighted by molar-refractivity contribution is 0.215. The fourth-order valence-corrected chi connectivity index (χ4v) is 2.74. The molecule has 0 saturated carbocycles.